The molecular weight excluding hydrogens is 420 g/mol. The van der Waals surface area contributed by atoms with Gasteiger partial charge in [-0.2, -0.15) is 0 Å². The van der Waals surface area contributed by atoms with Gasteiger partial charge in [-0.3, -0.25) is 9.52 Å². The van der Waals surface area contributed by atoms with Crippen molar-refractivity contribution in [1.29, 1.82) is 0 Å². The molecule has 0 aromatic heterocycles. The van der Waals surface area contributed by atoms with Crippen LogP contribution in [0.3, 0.4) is 0 Å². The summed E-state index contributed by atoms with van der Waals surface area (Å²) in [7, 11) is -3.71. The Bertz CT molecular complexity index is 1260. The fourth-order valence-corrected chi connectivity index (χ4v) is 5.23. The van der Waals surface area contributed by atoms with E-state index in [0.717, 1.165) is 12.0 Å². The Morgan fingerprint density at radius 3 is 2.31 bits per heavy atom. The molecule has 1 aliphatic heterocycles. The summed E-state index contributed by atoms with van der Waals surface area (Å²) in [6.07, 6.45) is 2.91. The van der Waals surface area contributed by atoms with Crippen LogP contribution in [0.15, 0.2) is 83.8 Å². The first kappa shape index (κ1) is 21.8. The zero-order valence-corrected chi connectivity index (χ0v) is 19.0. The van der Waals surface area contributed by atoms with Crippen molar-refractivity contribution >= 4 is 27.2 Å². The Kier molecular flexibility index (Phi) is 6.15. The quantitative estimate of drug-likeness (QED) is 0.598. The third-order valence-electron chi connectivity index (χ3n) is 5.66. The Morgan fingerprint density at radius 2 is 1.66 bits per heavy atom. The first-order valence-electron chi connectivity index (χ1n) is 10.6. The lowest BCUT2D eigenvalue weighted by Crippen LogP contribution is -2.34. The average molecular weight is 447 g/mol. The summed E-state index contributed by atoms with van der Waals surface area (Å²) in [5.74, 6) is -0.0581. The number of hydrogen-bond donors (Lipinski definition) is 1. The summed E-state index contributed by atoms with van der Waals surface area (Å²) in [6, 6.07) is 22.1. The van der Waals surface area contributed by atoms with Crippen LogP contribution in [-0.4, -0.2) is 32.3 Å². The van der Waals surface area contributed by atoms with Crippen molar-refractivity contribution in [1.82, 2.24) is 4.90 Å². The molecule has 3 aromatic carbocycles. The number of benzene rings is 3. The van der Waals surface area contributed by atoms with Crippen molar-refractivity contribution in [2.24, 2.45) is 0 Å². The second-order valence-electron chi connectivity index (χ2n) is 8.05. The van der Waals surface area contributed by atoms with Crippen molar-refractivity contribution in [2.75, 3.05) is 17.8 Å². The van der Waals surface area contributed by atoms with Crippen molar-refractivity contribution in [2.45, 2.75) is 25.2 Å². The zero-order valence-electron chi connectivity index (χ0n) is 18.2. The number of nitrogens with one attached hydrogen (secondary N) is 1. The molecule has 1 amide bonds. The van der Waals surface area contributed by atoms with Gasteiger partial charge >= 0.3 is 0 Å². The molecule has 0 bridgehead atoms. The molecule has 3 aromatic rings. The van der Waals surface area contributed by atoms with E-state index >= 15 is 0 Å². The normalized spacial score (nSPS) is 14.1. The smallest absolute Gasteiger partial charge is 0.262 e. The minimum atomic E-state index is -3.71. The van der Waals surface area contributed by atoms with Gasteiger partial charge in [-0.05, 0) is 72.9 Å². The standard InChI is InChI=1S/C26H26N2O3S/c1-19-8-9-20(2)25(18-19)32(30,31)27-24-12-10-23(11-13-24)26(29)28-16-14-22(15-17-28)21-6-4-3-5-7-21/h3-14,18,27H,15-17H2,1-2H3. The second-order valence-corrected chi connectivity index (χ2v) is 9.70. The monoisotopic (exact) mass is 446 g/mol. The van der Waals surface area contributed by atoms with E-state index < -0.39 is 10.0 Å². The summed E-state index contributed by atoms with van der Waals surface area (Å²) in [4.78, 5) is 15.0. The van der Waals surface area contributed by atoms with E-state index in [0.29, 0.717) is 29.9 Å². The van der Waals surface area contributed by atoms with Crippen molar-refractivity contribution in [3.8, 4) is 0 Å². The maximum atomic E-state index is 12.9. The molecule has 0 fully saturated rings. The van der Waals surface area contributed by atoms with E-state index in [1.807, 2.05) is 36.1 Å². The third kappa shape index (κ3) is 4.75. The number of sulfonamides is 1. The summed E-state index contributed by atoms with van der Waals surface area (Å²) < 4.78 is 28.2. The van der Waals surface area contributed by atoms with E-state index in [1.165, 1.54) is 11.1 Å². The molecule has 1 heterocycles. The summed E-state index contributed by atoms with van der Waals surface area (Å²) >= 11 is 0. The minimum absolute atomic E-state index is 0.0581. The largest absolute Gasteiger partial charge is 0.335 e. The zero-order chi connectivity index (χ0) is 22.7. The number of rotatable bonds is 5. The number of hydrogen-bond acceptors (Lipinski definition) is 3. The number of carbonyl (C=O) groups is 1. The summed E-state index contributed by atoms with van der Waals surface area (Å²) in [5.41, 5.74) is 4.97. The Balaban J connectivity index is 1.44. The molecule has 0 spiro atoms. The van der Waals surface area contributed by atoms with Gasteiger partial charge in [0, 0.05) is 24.3 Å². The second kappa shape index (κ2) is 9.01. The molecule has 164 valence electrons. The van der Waals surface area contributed by atoms with Crippen LogP contribution in [0, 0.1) is 13.8 Å². The SMILES string of the molecule is Cc1ccc(C)c(S(=O)(=O)Nc2ccc(C(=O)N3CC=C(c4ccccc4)CC3)cc2)c1. The number of nitrogens with zero attached hydrogens (tertiary/aromatic N) is 1. The van der Waals surface area contributed by atoms with E-state index in [2.05, 4.69) is 22.9 Å². The van der Waals surface area contributed by atoms with Crippen LogP contribution >= 0.6 is 0 Å². The first-order chi connectivity index (χ1) is 15.3. The lowest BCUT2D eigenvalue weighted by Gasteiger charge is -2.27. The molecule has 0 saturated carbocycles. The fraction of sp³-hybridized carbons (Fsp3) is 0.192. The molecular formula is C26H26N2O3S. The van der Waals surface area contributed by atoms with Crippen LogP contribution in [-0.2, 0) is 10.0 Å². The molecule has 5 nitrogen and oxygen atoms in total. The van der Waals surface area contributed by atoms with Gasteiger partial charge in [0.15, 0.2) is 0 Å². The van der Waals surface area contributed by atoms with Crippen LogP contribution in [0.4, 0.5) is 5.69 Å². The molecule has 0 saturated heterocycles. The maximum Gasteiger partial charge on any atom is 0.262 e. The number of aryl methyl sites for hydroxylation is 2. The fourth-order valence-electron chi connectivity index (χ4n) is 3.84. The lowest BCUT2D eigenvalue weighted by atomic mass is 9.99. The molecule has 32 heavy (non-hydrogen) atoms. The maximum absolute atomic E-state index is 12.9. The molecule has 4 rings (SSSR count). The van der Waals surface area contributed by atoms with E-state index in [1.54, 1.807) is 43.3 Å². The van der Waals surface area contributed by atoms with E-state index in [-0.39, 0.29) is 10.8 Å². The predicted molar refractivity (Wildman–Crippen MR) is 128 cm³/mol. The van der Waals surface area contributed by atoms with Gasteiger partial charge in [-0.25, -0.2) is 8.42 Å². The van der Waals surface area contributed by atoms with Crippen molar-refractivity contribution in [3.63, 3.8) is 0 Å². The Hall–Kier alpha value is -3.38. The van der Waals surface area contributed by atoms with Crippen molar-refractivity contribution in [3.05, 3.63) is 101 Å². The molecule has 0 unspecified atom stereocenters. The van der Waals surface area contributed by atoms with Gasteiger partial charge in [0.2, 0.25) is 0 Å². The third-order valence-corrected chi connectivity index (χ3v) is 7.18. The number of anilines is 1. The highest BCUT2D eigenvalue weighted by atomic mass is 32.2. The van der Waals surface area contributed by atoms with Crippen LogP contribution in [0.5, 0.6) is 0 Å². The van der Waals surface area contributed by atoms with Gasteiger partial charge in [-0.1, -0.05) is 48.5 Å². The first-order valence-corrected chi connectivity index (χ1v) is 12.1. The topological polar surface area (TPSA) is 66.5 Å². The highest BCUT2D eigenvalue weighted by molar-refractivity contribution is 7.92. The Labute approximate surface area is 189 Å². The molecule has 0 aliphatic carbocycles. The average Bonchev–Trinajstić information content (AvgIpc) is 2.81. The molecule has 0 radical (unpaired) electrons. The molecule has 6 heteroatoms. The highest BCUT2D eigenvalue weighted by Crippen LogP contribution is 2.24. The van der Waals surface area contributed by atoms with Crippen LogP contribution in [0.25, 0.3) is 5.57 Å². The van der Waals surface area contributed by atoms with Gasteiger partial charge in [0.1, 0.15) is 0 Å². The van der Waals surface area contributed by atoms with Gasteiger partial charge in [-0.15, -0.1) is 0 Å². The van der Waals surface area contributed by atoms with E-state index in [9.17, 15) is 13.2 Å². The molecule has 1 N–H and O–H groups in total. The summed E-state index contributed by atoms with van der Waals surface area (Å²) in [6.45, 7) is 4.84. The van der Waals surface area contributed by atoms with Gasteiger partial charge < -0.3 is 4.90 Å². The minimum Gasteiger partial charge on any atom is -0.335 e. The van der Waals surface area contributed by atoms with Crippen LogP contribution in [0.1, 0.15) is 33.5 Å². The van der Waals surface area contributed by atoms with Crippen LogP contribution in [0.2, 0.25) is 0 Å². The van der Waals surface area contributed by atoms with Crippen molar-refractivity contribution < 1.29 is 13.2 Å². The van der Waals surface area contributed by atoms with E-state index in [4.69, 9.17) is 0 Å². The number of amides is 1. The highest BCUT2D eigenvalue weighted by Gasteiger charge is 2.20. The van der Waals surface area contributed by atoms with Gasteiger partial charge in [0.25, 0.3) is 15.9 Å². The summed E-state index contributed by atoms with van der Waals surface area (Å²) in [5, 5.41) is 0. The predicted octanol–water partition coefficient (Wildman–Crippen LogP) is 5.03. The van der Waals surface area contributed by atoms with Gasteiger partial charge in [0.05, 0.1) is 4.90 Å². The van der Waals surface area contributed by atoms with Crippen LogP contribution < -0.4 is 4.72 Å². The Morgan fingerprint density at radius 1 is 0.938 bits per heavy atom. The lowest BCUT2D eigenvalue weighted by molar-refractivity contribution is 0.0773. The number of carbonyl (C=O) groups excluding carboxylic acids is 1. The molecule has 0 atom stereocenters. The molecule has 1 aliphatic rings.